The van der Waals surface area contributed by atoms with Crippen molar-refractivity contribution < 1.29 is 22.7 Å². The van der Waals surface area contributed by atoms with Gasteiger partial charge in [0.25, 0.3) is 11.7 Å². The Morgan fingerprint density at radius 3 is 2.44 bits per heavy atom. The monoisotopic (exact) mass is 478 g/mol. The molecule has 0 bridgehead atoms. The second-order valence-electron chi connectivity index (χ2n) is 8.55. The Hall–Kier alpha value is -2.29. The molecule has 172 valence electrons. The van der Waals surface area contributed by atoms with Crippen molar-refractivity contribution in [3.8, 4) is 11.5 Å². The van der Waals surface area contributed by atoms with Crippen molar-refractivity contribution in [1.82, 2.24) is 4.31 Å². The highest BCUT2D eigenvalue weighted by Gasteiger charge is 2.42. The van der Waals surface area contributed by atoms with E-state index in [-0.39, 0.29) is 21.5 Å². The van der Waals surface area contributed by atoms with Gasteiger partial charge in [-0.05, 0) is 57.0 Å². The molecule has 0 unspecified atom stereocenters. The zero-order chi connectivity index (χ0) is 23.1. The van der Waals surface area contributed by atoms with Gasteiger partial charge >= 0.3 is 0 Å². The van der Waals surface area contributed by atoms with Crippen molar-refractivity contribution >= 4 is 33.2 Å². The first-order valence-electron chi connectivity index (χ1n) is 10.7. The van der Waals surface area contributed by atoms with Crippen molar-refractivity contribution in [2.45, 2.75) is 62.7 Å². The first kappa shape index (κ1) is 22.9. The number of nitrogens with zero attached hydrogens (tertiary/aromatic N) is 1. The molecule has 1 saturated carbocycles. The number of carbonyl (C=O) groups is 1. The van der Waals surface area contributed by atoms with E-state index in [9.17, 15) is 13.2 Å². The summed E-state index contributed by atoms with van der Waals surface area (Å²) in [7, 11) is -2.25. The molecule has 2 aromatic rings. The van der Waals surface area contributed by atoms with Gasteiger partial charge in [0.2, 0.25) is 10.0 Å². The summed E-state index contributed by atoms with van der Waals surface area (Å²) in [5.41, 5.74) is 0.583. The Labute approximate surface area is 193 Å². The van der Waals surface area contributed by atoms with Crippen LogP contribution in [0.4, 0.5) is 5.69 Å². The standard InChI is InChI=1S/C23H27ClN2O5S/c1-15(2)26(3)32(28,29)17-8-9-19(24)18(14-17)22(27)25-16-7-10-20-21(13-16)31-23(30-20)11-5-4-6-12-23/h7-10,13-15H,4-6,11-12H2,1-3H3,(H,25,27). The van der Waals surface area contributed by atoms with E-state index >= 15 is 0 Å². The molecule has 1 heterocycles. The predicted octanol–water partition coefficient (Wildman–Crippen LogP) is 5.05. The third-order valence-electron chi connectivity index (χ3n) is 6.00. The van der Waals surface area contributed by atoms with Gasteiger partial charge in [0.05, 0.1) is 15.5 Å². The molecule has 2 aromatic carbocycles. The van der Waals surface area contributed by atoms with E-state index in [4.69, 9.17) is 21.1 Å². The van der Waals surface area contributed by atoms with Crippen molar-refractivity contribution in [1.29, 1.82) is 0 Å². The fraction of sp³-hybridized carbons (Fsp3) is 0.435. The highest BCUT2D eigenvalue weighted by molar-refractivity contribution is 7.89. The molecular formula is C23H27ClN2O5S. The summed E-state index contributed by atoms with van der Waals surface area (Å²) in [5, 5.41) is 2.95. The van der Waals surface area contributed by atoms with Crippen LogP contribution in [0.3, 0.4) is 0 Å². The topological polar surface area (TPSA) is 84.9 Å². The minimum absolute atomic E-state index is 0.00757. The van der Waals surface area contributed by atoms with Crippen LogP contribution < -0.4 is 14.8 Å². The molecule has 0 aromatic heterocycles. The van der Waals surface area contributed by atoms with Crippen LogP contribution >= 0.6 is 11.6 Å². The Balaban J connectivity index is 1.55. The van der Waals surface area contributed by atoms with E-state index in [1.807, 2.05) is 0 Å². The van der Waals surface area contributed by atoms with Gasteiger partial charge in [0.15, 0.2) is 11.5 Å². The van der Waals surface area contributed by atoms with E-state index in [0.717, 1.165) is 25.7 Å². The molecular weight excluding hydrogens is 452 g/mol. The number of amides is 1. The number of carbonyl (C=O) groups excluding carboxylic acids is 1. The van der Waals surface area contributed by atoms with Crippen LogP contribution in [0.25, 0.3) is 0 Å². The van der Waals surface area contributed by atoms with Gasteiger partial charge in [-0.3, -0.25) is 4.79 Å². The zero-order valence-electron chi connectivity index (χ0n) is 18.4. The van der Waals surface area contributed by atoms with Crippen molar-refractivity contribution in [2.75, 3.05) is 12.4 Å². The van der Waals surface area contributed by atoms with Crippen LogP contribution in [0.2, 0.25) is 5.02 Å². The number of fused-ring (bicyclic) bond motifs is 1. The van der Waals surface area contributed by atoms with Crippen LogP contribution in [0.15, 0.2) is 41.3 Å². The zero-order valence-corrected chi connectivity index (χ0v) is 19.9. The molecule has 0 atom stereocenters. The summed E-state index contributed by atoms with van der Waals surface area (Å²) in [4.78, 5) is 12.9. The second-order valence-corrected chi connectivity index (χ2v) is 11.0. The molecule has 1 aliphatic carbocycles. The van der Waals surface area contributed by atoms with E-state index in [1.165, 1.54) is 36.0 Å². The number of hydrogen-bond acceptors (Lipinski definition) is 5. The average molecular weight is 479 g/mol. The number of halogens is 1. The van der Waals surface area contributed by atoms with Crippen molar-refractivity contribution in [3.05, 3.63) is 47.0 Å². The van der Waals surface area contributed by atoms with Gasteiger partial charge in [-0.15, -0.1) is 0 Å². The molecule has 0 radical (unpaired) electrons. The highest BCUT2D eigenvalue weighted by Crippen LogP contribution is 2.46. The molecule has 1 fully saturated rings. The fourth-order valence-electron chi connectivity index (χ4n) is 3.95. The van der Waals surface area contributed by atoms with Crippen molar-refractivity contribution in [3.63, 3.8) is 0 Å². The summed E-state index contributed by atoms with van der Waals surface area (Å²) in [6.45, 7) is 3.55. The number of hydrogen-bond donors (Lipinski definition) is 1. The van der Waals surface area contributed by atoms with E-state index in [1.54, 1.807) is 32.0 Å². The van der Waals surface area contributed by atoms with E-state index in [0.29, 0.717) is 17.2 Å². The van der Waals surface area contributed by atoms with Crippen LogP contribution in [-0.2, 0) is 10.0 Å². The third-order valence-corrected chi connectivity index (χ3v) is 8.35. The minimum Gasteiger partial charge on any atom is -0.448 e. The maximum atomic E-state index is 12.9. The number of benzene rings is 2. The van der Waals surface area contributed by atoms with Crippen LogP contribution in [-0.4, -0.2) is 37.5 Å². The number of ether oxygens (including phenoxy) is 2. The lowest BCUT2D eigenvalue weighted by Gasteiger charge is -2.31. The molecule has 0 saturated heterocycles. The lowest BCUT2D eigenvalue weighted by Crippen LogP contribution is -2.40. The van der Waals surface area contributed by atoms with Crippen LogP contribution in [0.1, 0.15) is 56.3 Å². The Morgan fingerprint density at radius 2 is 1.75 bits per heavy atom. The first-order chi connectivity index (χ1) is 15.1. The number of nitrogens with one attached hydrogen (secondary N) is 1. The molecule has 4 rings (SSSR count). The molecule has 32 heavy (non-hydrogen) atoms. The van der Waals surface area contributed by atoms with Crippen molar-refractivity contribution in [2.24, 2.45) is 0 Å². The summed E-state index contributed by atoms with van der Waals surface area (Å²) in [6.07, 6.45) is 4.97. The van der Waals surface area contributed by atoms with Gasteiger partial charge in [-0.2, -0.15) is 4.31 Å². The Bertz CT molecular complexity index is 1140. The summed E-state index contributed by atoms with van der Waals surface area (Å²) < 4.78 is 39.1. The third kappa shape index (κ3) is 4.31. The summed E-state index contributed by atoms with van der Waals surface area (Å²) >= 11 is 6.23. The van der Waals surface area contributed by atoms with Gasteiger partial charge in [-0.1, -0.05) is 18.0 Å². The highest BCUT2D eigenvalue weighted by atomic mass is 35.5. The van der Waals surface area contributed by atoms with Gasteiger partial charge < -0.3 is 14.8 Å². The van der Waals surface area contributed by atoms with Gasteiger partial charge in [0, 0.05) is 37.7 Å². The summed E-state index contributed by atoms with van der Waals surface area (Å²) in [5.74, 6) is 0.140. The number of sulfonamides is 1. The second kappa shape index (κ2) is 8.57. The minimum atomic E-state index is -3.75. The number of rotatable bonds is 5. The molecule has 9 heteroatoms. The number of anilines is 1. The maximum absolute atomic E-state index is 12.9. The molecule has 1 N–H and O–H groups in total. The molecule has 7 nitrogen and oxygen atoms in total. The van der Waals surface area contributed by atoms with Gasteiger partial charge in [0.1, 0.15) is 0 Å². The lowest BCUT2D eigenvalue weighted by atomic mass is 9.94. The SMILES string of the molecule is CC(C)N(C)S(=O)(=O)c1ccc(Cl)c(C(=O)Nc2ccc3c(c2)OC2(CCCCC2)O3)c1. The van der Waals surface area contributed by atoms with E-state index < -0.39 is 21.7 Å². The normalized spacial score (nSPS) is 17.2. The Kier molecular flexibility index (Phi) is 6.13. The molecule has 2 aliphatic rings. The average Bonchev–Trinajstić information content (AvgIpc) is 3.10. The van der Waals surface area contributed by atoms with Crippen LogP contribution in [0.5, 0.6) is 11.5 Å². The Morgan fingerprint density at radius 1 is 1.06 bits per heavy atom. The first-order valence-corrected chi connectivity index (χ1v) is 12.5. The van der Waals surface area contributed by atoms with E-state index in [2.05, 4.69) is 5.32 Å². The smallest absolute Gasteiger partial charge is 0.257 e. The summed E-state index contributed by atoms with van der Waals surface area (Å²) in [6, 6.07) is 9.11. The predicted molar refractivity (Wildman–Crippen MR) is 123 cm³/mol. The van der Waals surface area contributed by atoms with Gasteiger partial charge in [-0.25, -0.2) is 8.42 Å². The largest absolute Gasteiger partial charge is 0.448 e. The van der Waals surface area contributed by atoms with Crippen LogP contribution in [0, 0.1) is 0 Å². The molecule has 1 spiro atoms. The molecule has 1 aliphatic heterocycles. The lowest BCUT2D eigenvalue weighted by molar-refractivity contribution is -0.105. The quantitative estimate of drug-likeness (QED) is 0.649. The maximum Gasteiger partial charge on any atom is 0.257 e. The molecule has 1 amide bonds. The fourth-order valence-corrected chi connectivity index (χ4v) is 5.54.